The number of carbonyl (C=O) groups excluding carboxylic acids is 1. The Balaban J connectivity index is 1.75. The summed E-state index contributed by atoms with van der Waals surface area (Å²) in [5.74, 6) is 0.592. The van der Waals surface area contributed by atoms with Gasteiger partial charge in [-0.3, -0.25) is 4.79 Å². The number of nitrogens with one attached hydrogen (secondary N) is 1. The molecule has 1 aromatic heterocycles. The Labute approximate surface area is 165 Å². The van der Waals surface area contributed by atoms with Gasteiger partial charge in [-0.25, -0.2) is 9.48 Å². The van der Waals surface area contributed by atoms with Crippen LogP contribution < -0.4 is 10.1 Å². The van der Waals surface area contributed by atoms with E-state index in [2.05, 4.69) is 10.4 Å². The third-order valence-electron chi connectivity index (χ3n) is 4.50. The molecule has 0 saturated heterocycles. The van der Waals surface area contributed by atoms with Gasteiger partial charge in [0.25, 0.3) is 0 Å². The molecule has 1 aliphatic heterocycles. The third-order valence-corrected chi connectivity index (χ3v) is 5.78. The lowest BCUT2D eigenvalue weighted by atomic mass is 10.1. The van der Waals surface area contributed by atoms with Gasteiger partial charge in [-0.05, 0) is 42.0 Å². The van der Waals surface area contributed by atoms with E-state index in [1.807, 2.05) is 24.3 Å². The minimum atomic E-state index is -0.991. The lowest BCUT2D eigenvalue weighted by Gasteiger charge is -2.15. The fourth-order valence-electron chi connectivity index (χ4n) is 3.09. The standard InChI is InChI=1S/C20H17N3O4S/c1-27-15-8-4-12(5-9-15)18-16-10-21-23(19(16)22-17(24)11-28-18)14-6-2-13(3-7-14)20(25)26/h2-10,18H,11H2,1H3,(H,22,24)(H,25,26). The van der Waals surface area contributed by atoms with Crippen LogP contribution in [0.1, 0.15) is 26.7 Å². The Kier molecular flexibility index (Phi) is 4.79. The predicted molar refractivity (Wildman–Crippen MR) is 106 cm³/mol. The summed E-state index contributed by atoms with van der Waals surface area (Å²) in [6.45, 7) is 0. The Hall–Kier alpha value is -3.26. The summed E-state index contributed by atoms with van der Waals surface area (Å²) in [5, 5.41) is 16.4. The minimum absolute atomic E-state index is 0.0631. The molecule has 1 amide bonds. The fourth-order valence-corrected chi connectivity index (χ4v) is 4.18. The smallest absolute Gasteiger partial charge is 0.335 e. The molecule has 0 saturated carbocycles. The number of carbonyl (C=O) groups is 2. The predicted octanol–water partition coefficient (Wildman–Crippen LogP) is 3.35. The van der Waals surface area contributed by atoms with Crippen LogP contribution in [-0.2, 0) is 4.79 Å². The second-order valence-corrected chi connectivity index (χ2v) is 7.32. The van der Waals surface area contributed by atoms with Crippen LogP contribution in [-0.4, -0.2) is 39.6 Å². The maximum atomic E-state index is 12.3. The molecule has 0 radical (unpaired) electrons. The van der Waals surface area contributed by atoms with Crippen LogP contribution in [0.25, 0.3) is 5.69 Å². The number of fused-ring (bicyclic) bond motifs is 1. The van der Waals surface area contributed by atoms with Crippen molar-refractivity contribution in [2.24, 2.45) is 0 Å². The number of amides is 1. The van der Waals surface area contributed by atoms with E-state index in [1.165, 1.54) is 23.9 Å². The maximum Gasteiger partial charge on any atom is 0.335 e. The summed E-state index contributed by atoms with van der Waals surface area (Å²) in [7, 11) is 1.62. The number of rotatable bonds is 4. The molecule has 1 unspecified atom stereocenters. The summed E-state index contributed by atoms with van der Waals surface area (Å²) in [6.07, 6.45) is 1.74. The molecule has 4 rings (SSSR count). The van der Waals surface area contributed by atoms with Crippen LogP contribution in [0, 0.1) is 0 Å². The summed E-state index contributed by atoms with van der Waals surface area (Å²) in [5.41, 5.74) is 2.80. The molecule has 0 aliphatic carbocycles. The molecule has 7 nitrogen and oxygen atoms in total. The first-order valence-corrected chi connectivity index (χ1v) is 9.59. The van der Waals surface area contributed by atoms with E-state index in [0.29, 0.717) is 17.3 Å². The van der Waals surface area contributed by atoms with Crippen molar-refractivity contribution in [3.63, 3.8) is 0 Å². The van der Waals surface area contributed by atoms with Crippen molar-refractivity contribution in [2.75, 3.05) is 18.2 Å². The first kappa shape index (κ1) is 18.1. The van der Waals surface area contributed by atoms with Crippen LogP contribution in [0.15, 0.2) is 54.7 Å². The van der Waals surface area contributed by atoms with Crippen molar-refractivity contribution < 1.29 is 19.4 Å². The first-order valence-electron chi connectivity index (χ1n) is 8.54. The number of anilines is 1. The topological polar surface area (TPSA) is 93.5 Å². The summed E-state index contributed by atoms with van der Waals surface area (Å²) < 4.78 is 6.85. The van der Waals surface area contributed by atoms with E-state index in [0.717, 1.165) is 16.9 Å². The largest absolute Gasteiger partial charge is 0.497 e. The number of aromatic carboxylic acids is 1. The van der Waals surface area contributed by atoms with E-state index in [-0.39, 0.29) is 16.7 Å². The van der Waals surface area contributed by atoms with Gasteiger partial charge in [-0.1, -0.05) is 12.1 Å². The second-order valence-electron chi connectivity index (χ2n) is 6.22. The van der Waals surface area contributed by atoms with Gasteiger partial charge in [0.2, 0.25) is 5.91 Å². The first-order chi connectivity index (χ1) is 13.6. The summed E-state index contributed by atoms with van der Waals surface area (Å²) in [4.78, 5) is 23.4. The van der Waals surface area contributed by atoms with E-state index in [4.69, 9.17) is 9.84 Å². The third kappa shape index (κ3) is 3.34. The molecule has 28 heavy (non-hydrogen) atoms. The van der Waals surface area contributed by atoms with Gasteiger partial charge in [0.05, 0.1) is 35.6 Å². The van der Waals surface area contributed by atoms with Crippen molar-refractivity contribution in [3.05, 3.63) is 71.4 Å². The monoisotopic (exact) mass is 395 g/mol. The molecule has 8 heteroatoms. The molecule has 2 aromatic carbocycles. The fraction of sp³-hybridized carbons (Fsp3) is 0.150. The zero-order valence-corrected chi connectivity index (χ0v) is 15.8. The highest BCUT2D eigenvalue weighted by molar-refractivity contribution is 8.00. The zero-order chi connectivity index (χ0) is 19.7. The van der Waals surface area contributed by atoms with Gasteiger partial charge in [0.15, 0.2) is 0 Å². The van der Waals surface area contributed by atoms with Crippen LogP contribution in [0.5, 0.6) is 5.75 Å². The van der Waals surface area contributed by atoms with Crippen LogP contribution in [0.4, 0.5) is 5.82 Å². The van der Waals surface area contributed by atoms with Gasteiger partial charge in [0.1, 0.15) is 11.6 Å². The van der Waals surface area contributed by atoms with Gasteiger partial charge in [-0.15, -0.1) is 11.8 Å². The highest BCUT2D eigenvalue weighted by Crippen LogP contribution is 2.42. The van der Waals surface area contributed by atoms with Crippen molar-refractivity contribution in [2.45, 2.75) is 5.25 Å². The molecule has 0 spiro atoms. The molecule has 0 bridgehead atoms. The lowest BCUT2D eigenvalue weighted by Crippen LogP contribution is -2.15. The number of methoxy groups -OCH3 is 1. The number of aromatic nitrogens is 2. The van der Waals surface area contributed by atoms with Crippen molar-refractivity contribution in [3.8, 4) is 11.4 Å². The van der Waals surface area contributed by atoms with E-state index in [1.54, 1.807) is 30.1 Å². The van der Waals surface area contributed by atoms with Crippen LogP contribution >= 0.6 is 11.8 Å². The average molecular weight is 395 g/mol. The Morgan fingerprint density at radius 3 is 2.57 bits per heavy atom. The molecule has 2 N–H and O–H groups in total. The normalized spacial score (nSPS) is 16.0. The number of hydrogen-bond donors (Lipinski definition) is 2. The van der Waals surface area contributed by atoms with E-state index in [9.17, 15) is 9.59 Å². The Morgan fingerprint density at radius 2 is 1.93 bits per heavy atom. The molecule has 142 valence electrons. The molecular weight excluding hydrogens is 378 g/mol. The number of carboxylic acids is 1. The molecule has 1 atom stereocenters. The minimum Gasteiger partial charge on any atom is -0.497 e. The second kappa shape index (κ2) is 7.40. The van der Waals surface area contributed by atoms with Crippen LogP contribution in [0.3, 0.4) is 0 Å². The summed E-state index contributed by atoms with van der Waals surface area (Å²) >= 11 is 1.53. The van der Waals surface area contributed by atoms with Gasteiger partial charge in [0, 0.05) is 5.56 Å². The highest BCUT2D eigenvalue weighted by atomic mass is 32.2. The van der Waals surface area contributed by atoms with Gasteiger partial charge in [-0.2, -0.15) is 5.10 Å². The number of hydrogen-bond acceptors (Lipinski definition) is 5. The Morgan fingerprint density at radius 1 is 1.21 bits per heavy atom. The zero-order valence-electron chi connectivity index (χ0n) is 15.0. The molecular formula is C20H17N3O4S. The SMILES string of the molecule is COc1ccc(C2SCC(=O)Nc3c2cnn3-c2ccc(C(=O)O)cc2)cc1. The number of ether oxygens (including phenoxy) is 1. The number of nitrogens with zero attached hydrogens (tertiary/aromatic N) is 2. The van der Waals surface area contributed by atoms with Crippen molar-refractivity contribution in [1.82, 2.24) is 9.78 Å². The molecule has 0 fully saturated rings. The lowest BCUT2D eigenvalue weighted by molar-refractivity contribution is -0.113. The van der Waals surface area contributed by atoms with Gasteiger partial charge >= 0.3 is 5.97 Å². The molecule has 3 aromatic rings. The average Bonchev–Trinajstić information content (AvgIpc) is 3.04. The Bertz CT molecular complexity index is 1030. The number of carboxylic acid groups (broad SMARTS) is 1. The molecule has 1 aliphatic rings. The van der Waals surface area contributed by atoms with Crippen LogP contribution in [0.2, 0.25) is 0 Å². The van der Waals surface area contributed by atoms with Crippen molar-refractivity contribution in [1.29, 1.82) is 0 Å². The highest BCUT2D eigenvalue weighted by Gasteiger charge is 2.28. The quantitative estimate of drug-likeness (QED) is 0.704. The van der Waals surface area contributed by atoms with E-state index < -0.39 is 5.97 Å². The van der Waals surface area contributed by atoms with E-state index >= 15 is 0 Å². The summed E-state index contributed by atoms with van der Waals surface area (Å²) in [6, 6.07) is 14.1. The van der Waals surface area contributed by atoms with Crippen molar-refractivity contribution >= 4 is 29.5 Å². The molecule has 2 heterocycles. The maximum absolute atomic E-state index is 12.3. The number of benzene rings is 2. The van der Waals surface area contributed by atoms with Gasteiger partial charge < -0.3 is 15.2 Å². The number of thioether (sulfide) groups is 1.